The van der Waals surface area contributed by atoms with Gasteiger partial charge in [0.15, 0.2) is 11.4 Å². The molecule has 2 aromatic heterocycles. The average Bonchev–Trinajstić information content (AvgIpc) is 3.46. The van der Waals surface area contributed by atoms with Crippen LogP contribution in [0.15, 0.2) is 54.6 Å². The van der Waals surface area contributed by atoms with E-state index >= 15 is 0 Å². The zero-order chi connectivity index (χ0) is 26.7. The van der Waals surface area contributed by atoms with Crippen molar-refractivity contribution < 1.29 is 27.0 Å². The molecule has 0 spiro atoms. The summed E-state index contributed by atoms with van der Waals surface area (Å²) in [5.41, 5.74) is 1.17. The number of alkyl halides is 3. The number of methoxy groups -OCH3 is 1. The summed E-state index contributed by atoms with van der Waals surface area (Å²) in [6.07, 6.45) is -5.37. The van der Waals surface area contributed by atoms with Crippen molar-refractivity contribution >= 4 is 0 Å². The molecule has 0 aliphatic carbocycles. The Morgan fingerprint density at radius 2 is 1.76 bits per heavy atom. The van der Waals surface area contributed by atoms with Crippen molar-refractivity contribution in [3.8, 4) is 17.5 Å². The predicted molar refractivity (Wildman–Crippen MR) is 125 cm³/mol. The van der Waals surface area contributed by atoms with Gasteiger partial charge < -0.3 is 9.47 Å². The SMILES string of the molecule is COc1ccc(COC(C)c2cc(F)ccc2-n2nc(C(F)(F)F)cc2Cc2cc(C#N)nn2C)cc1. The third kappa shape index (κ3) is 5.81. The Hall–Kier alpha value is -4.17. The van der Waals surface area contributed by atoms with Crippen LogP contribution in [0.4, 0.5) is 17.6 Å². The Morgan fingerprint density at radius 1 is 1.03 bits per heavy atom. The Balaban J connectivity index is 1.70. The number of aryl methyl sites for hydroxylation is 1. The first-order valence-corrected chi connectivity index (χ1v) is 11.2. The lowest BCUT2D eigenvalue weighted by molar-refractivity contribution is -0.141. The number of rotatable bonds is 8. The fraction of sp³-hybridized carbons (Fsp3) is 0.269. The van der Waals surface area contributed by atoms with Gasteiger partial charge in [0.05, 0.1) is 31.2 Å². The van der Waals surface area contributed by atoms with Crippen molar-refractivity contribution in [3.05, 3.63) is 94.3 Å². The van der Waals surface area contributed by atoms with E-state index in [9.17, 15) is 17.6 Å². The zero-order valence-corrected chi connectivity index (χ0v) is 20.3. The first-order chi connectivity index (χ1) is 17.6. The molecule has 4 rings (SSSR count). The van der Waals surface area contributed by atoms with Crippen LogP contribution in [0.25, 0.3) is 5.69 Å². The molecule has 4 aromatic rings. The maximum atomic E-state index is 14.3. The van der Waals surface area contributed by atoms with Gasteiger partial charge in [0, 0.05) is 24.7 Å². The minimum absolute atomic E-state index is 0.00611. The second-order valence-corrected chi connectivity index (χ2v) is 8.37. The predicted octanol–water partition coefficient (Wildman–Crippen LogP) is 5.51. The smallest absolute Gasteiger partial charge is 0.435 e. The van der Waals surface area contributed by atoms with E-state index in [0.29, 0.717) is 17.0 Å². The van der Waals surface area contributed by atoms with Crippen LogP contribution < -0.4 is 4.74 Å². The molecular formula is C26H23F4N5O2. The quantitative estimate of drug-likeness (QED) is 0.290. The number of hydrogen-bond donors (Lipinski definition) is 0. The molecule has 192 valence electrons. The topological polar surface area (TPSA) is 77.9 Å². The lowest BCUT2D eigenvalue weighted by atomic mass is 10.1. The molecule has 0 bridgehead atoms. The highest BCUT2D eigenvalue weighted by Gasteiger charge is 2.35. The Morgan fingerprint density at radius 3 is 2.38 bits per heavy atom. The Labute approximate surface area is 210 Å². The zero-order valence-electron chi connectivity index (χ0n) is 20.3. The lowest BCUT2D eigenvalue weighted by Gasteiger charge is -2.19. The molecule has 0 N–H and O–H groups in total. The van der Waals surface area contributed by atoms with Crippen LogP contribution >= 0.6 is 0 Å². The molecule has 0 radical (unpaired) electrons. The van der Waals surface area contributed by atoms with Gasteiger partial charge in [-0.3, -0.25) is 4.68 Å². The Kier molecular flexibility index (Phi) is 7.31. The van der Waals surface area contributed by atoms with Crippen molar-refractivity contribution in [1.29, 1.82) is 5.26 Å². The number of benzene rings is 2. The van der Waals surface area contributed by atoms with Crippen LogP contribution in [0.5, 0.6) is 5.75 Å². The number of nitriles is 1. The minimum Gasteiger partial charge on any atom is -0.497 e. The maximum Gasteiger partial charge on any atom is 0.435 e. The van der Waals surface area contributed by atoms with Gasteiger partial charge in [-0.1, -0.05) is 12.1 Å². The number of nitrogens with zero attached hydrogens (tertiary/aromatic N) is 5. The second kappa shape index (κ2) is 10.4. The fourth-order valence-corrected chi connectivity index (χ4v) is 3.88. The highest BCUT2D eigenvalue weighted by molar-refractivity contribution is 5.44. The molecular weight excluding hydrogens is 490 g/mol. The first kappa shape index (κ1) is 25.9. The van der Waals surface area contributed by atoms with Gasteiger partial charge in [0.25, 0.3) is 0 Å². The minimum atomic E-state index is -4.69. The number of ether oxygens (including phenoxy) is 2. The summed E-state index contributed by atoms with van der Waals surface area (Å²) < 4.78 is 68.8. The summed E-state index contributed by atoms with van der Waals surface area (Å²) in [4.78, 5) is 0. The van der Waals surface area contributed by atoms with Crippen molar-refractivity contribution in [2.45, 2.75) is 32.2 Å². The lowest BCUT2D eigenvalue weighted by Crippen LogP contribution is -2.12. The van der Waals surface area contributed by atoms with E-state index in [0.717, 1.165) is 22.4 Å². The maximum absolute atomic E-state index is 14.3. The molecule has 0 saturated heterocycles. The molecule has 11 heteroatoms. The summed E-state index contributed by atoms with van der Waals surface area (Å²) in [6.45, 7) is 1.88. The fourth-order valence-electron chi connectivity index (χ4n) is 3.88. The summed E-state index contributed by atoms with van der Waals surface area (Å²) in [6, 6.07) is 15.3. The van der Waals surface area contributed by atoms with E-state index in [1.54, 1.807) is 33.2 Å². The highest BCUT2D eigenvalue weighted by atomic mass is 19.4. The van der Waals surface area contributed by atoms with Crippen LogP contribution in [-0.4, -0.2) is 26.7 Å². The van der Waals surface area contributed by atoms with Gasteiger partial charge >= 0.3 is 6.18 Å². The van der Waals surface area contributed by atoms with E-state index < -0.39 is 23.8 Å². The van der Waals surface area contributed by atoms with Crippen LogP contribution in [0.2, 0.25) is 0 Å². The summed E-state index contributed by atoms with van der Waals surface area (Å²) >= 11 is 0. The molecule has 1 unspecified atom stereocenters. The second-order valence-electron chi connectivity index (χ2n) is 8.37. The third-order valence-electron chi connectivity index (χ3n) is 5.84. The van der Waals surface area contributed by atoms with Crippen molar-refractivity contribution in [3.63, 3.8) is 0 Å². The molecule has 37 heavy (non-hydrogen) atoms. The number of hydrogen-bond acceptors (Lipinski definition) is 5. The van der Waals surface area contributed by atoms with Gasteiger partial charge in [-0.2, -0.15) is 28.6 Å². The van der Waals surface area contributed by atoms with E-state index in [-0.39, 0.29) is 30.1 Å². The first-order valence-electron chi connectivity index (χ1n) is 11.2. The third-order valence-corrected chi connectivity index (χ3v) is 5.84. The molecule has 0 amide bonds. The van der Waals surface area contributed by atoms with Gasteiger partial charge in [-0.05, 0) is 55.0 Å². The van der Waals surface area contributed by atoms with Crippen LogP contribution in [0.1, 0.15) is 46.9 Å². The van der Waals surface area contributed by atoms with Gasteiger partial charge in [0.2, 0.25) is 0 Å². The van der Waals surface area contributed by atoms with E-state index in [1.165, 1.54) is 22.9 Å². The Bertz CT molecular complexity index is 1430. The molecule has 0 fully saturated rings. The number of halogens is 4. The molecule has 1 atom stereocenters. The van der Waals surface area contributed by atoms with Crippen LogP contribution in [-0.2, 0) is 31.0 Å². The average molecular weight is 513 g/mol. The molecule has 2 heterocycles. The molecule has 2 aromatic carbocycles. The van der Waals surface area contributed by atoms with E-state index in [4.69, 9.17) is 14.7 Å². The molecule has 0 saturated carbocycles. The summed E-state index contributed by atoms with van der Waals surface area (Å²) in [5.74, 6) is 0.125. The van der Waals surface area contributed by atoms with Crippen molar-refractivity contribution in [2.24, 2.45) is 7.05 Å². The van der Waals surface area contributed by atoms with Crippen molar-refractivity contribution in [1.82, 2.24) is 19.6 Å². The molecule has 0 aliphatic rings. The number of aromatic nitrogens is 4. The van der Waals surface area contributed by atoms with Gasteiger partial charge in [0.1, 0.15) is 17.6 Å². The largest absolute Gasteiger partial charge is 0.497 e. The normalized spacial score (nSPS) is 12.4. The molecule has 0 aliphatic heterocycles. The molecule has 7 nitrogen and oxygen atoms in total. The standard InChI is InChI=1S/C26H23F4N5O2/c1-16(37-15-17-4-7-22(36-3)8-5-17)23-10-18(27)6-9-24(23)35-21(13-25(33-35)26(28,29)30)12-20-11-19(14-31)32-34(20)2/h4-11,13,16H,12,15H2,1-3H3. The van der Waals surface area contributed by atoms with Gasteiger partial charge in [-0.15, -0.1) is 0 Å². The van der Waals surface area contributed by atoms with Crippen LogP contribution in [0, 0.1) is 17.1 Å². The van der Waals surface area contributed by atoms with Crippen molar-refractivity contribution in [2.75, 3.05) is 7.11 Å². The van der Waals surface area contributed by atoms with E-state index in [1.807, 2.05) is 18.2 Å². The van der Waals surface area contributed by atoms with E-state index in [2.05, 4.69) is 10.2 Å². The monoisotopic (exact) mass is 513 g/mol. The van der Waals surface area contributed by atoms with Crippen LogP contribution in [0.3, 0.4) is 0 Å². The highest BCUT2D eigenvalue weighted by Crippen LogP contribution is 2.33. The van der Waals surface area contributed by atoms with Gasteiger partial charge in [-0.25, -0.2) is 9.07 Å². The summed E-state index contributed by atoms with van der Waals surface area (Å²) in [5, 5.41) is 17.0. The summed E-state index contributed by atoms with van der Waals surface area (Å²) in [7, 11) is 3.16.